The minimum absolute atomic E-state index is 0. The molecule has 0 aliphatic heterocycles. The van der Waals surface area contributed by atoms with Crippen LogP contribution in [0.25, 0.3) is 0 Å². The quantitative estimate of drug-likeness (QED) is 0.506. The largest absolute Gasteiger partial charge is 0.398 e. The number of nitrogens with two attached hydrogens (primary N) is 1. The lowest BCUT2D eigenvalue weighted by Crippen LogP contribution is -1.92. The van der Waals surface area contributed by atoms with Gasteiger partial charge in [-0.2, -0.15) is 0 Å². The monoisotopic (exact) mass is 180 g/mol. The fourth-order valence-electron chi connectivity index (χ4n) is 0.819. The first-order chi connectivity index (χ1) is 6.15. The van der Waals surface area contributed by atoms with Gasteiger partial charge in [-0.15, -0.1) is 0 Å². The minimum Gasteiger partial charge on any atom is -0.398 e. The van der Waals surface area contributed by atoms with Crippen molar-refractivity contribution in [1.29, 1.82) is 5.41 Å². The van der Waals surface area contributed by atoms with Crippen LogP contribution < -0.4 is 5.73 Å². The average molecular weight is 180 g/mol. The van der Waals surface area contributed by atoms with Crippen molar-refractivity contribution in [2.45, 2.75) is 27.2 Å². The zero-order valence-electron chi connectivity index (χ0n) is 8.59. The van der Waals surface area contributed by atoms with Crippen molar-refractivity contribution in [3.63, 3.8) is 0 Å². The van der Waals surface area contributed by atoms with Gasteiger partial charge in [0.05, 0.1) is 0 Å². The second-order valence-electron chi connectivity index (χ2n) is 2.98. The van der Waals surface area contributed by atoms with E-state index in [0.717, 1.165) is 11.1 Å². The van der Waals surface area contributed by atoms with Gasteiger partial charge in [-0.05, 0) is 19.1 Å². The maximum absolute atomic E-state index is 6.98. The van der Waals surface area contributed by atoms with Crippen molar-refractivity contribution in [2.75, 3.05) is 5.73 Å². The van der Waals surface area contributed by atoms with E-state index >= 15 is 0 Å². The molecule has 1 rings (SSSR count). The van der Waals surface area contributed by atoms with E-state index < -0.39 is 0 Å². The van der Waals surface area contributed by atoms with Crippen LogP contribution in [-0.4, -0.2) is 6.21 Å². The number of hydrogen-bond acceptors (Lipinski definition) is 2. The van der Waals surface area contributed by atoms with Crippen molar-refractivity contribution < 1.29 is 1.43 Å². The lowest BCUT2D eigenvalue weighted by molar-refractivity contribution is 1.09. The Morgan fingerprint density at radius 3 is 2.38 bits per heavy atom. The molecular formula is C11H20N2. The summed E-state index contributed by atoms with van der Waals surface area (Å²) in [6.45, 7) is 6.23. The Morgan fingerprint density at radius 1 is 1.46 bits per heavy atom. The van der Waals surface area contributed by atoms with Crippen LogP contribution in [0.4, 0.5) is 5.69 Å². The van der Waals surface area contributed by atoms with E-state index in [0.29, 0.717) is 5.69 Å². The molecule has 0 radical (unpaired) electrons. The molecule has 0 fully saturated rings. The smallest absolute Gasteiger partial charge is 0.0403 e. The van der Waals surface area contributed by atoms with Crippen LogP contribution >= 0.6 is 0 Å². The summed E-state index contributed by atoms with van der Waals surface area (Å²) < 4.78 is 0. The molecule has 0 amide bonds. The summed E-state index contributed by atoms with van der Waals surface area (Å²) in [7, 11) is 0. The summed E-state index contributed by atoms with van der Waals surface area (Å²) in [5.74, 6) is 0. The zero-order chi connectivity index (χ0) is 10.3. The molecule has 1 aromatic carbocycles. The van der Waals surface area contributed by atoms with Crippen molar-refractivity contribution in [3.8, 4) is 0 Å². The third-order valence-electron chi connectivity index (χ3n) is 1.40. The Bertz CT molecular complexity index is 272. The molecule has 0 unspecified atom stereocenters. The predicted molar refractivity (Wildman–Crippen MR) is 61.6 cm³/mol. The van der Waals surface area contributed by atoms with Gasteiger partial charge in [0.15, 0.2) is 0 Å². The van der Waals surface area contributed by atoms with Gasteiger partial charge >= 0.3 is 0 Å². The standard InChI is InChI=1S/C8H10N2.C3H8.H2/c1-6-2-3-8(10)7(4-6)5-9;1-3-2;/h2-5,9H,10H2,1H3;3H2,1-2H3;1H. The molecule has 0 spiro atoms. The first kappa shape index (κ1) is 11.7. The number of nitrogens with one attached hydrogen (secondary N) is 1. The Labute approximate surface area is 81.8 Å². The normalized spacial score (nSPS) is 8.54. The summed E-state index contributed by atoms with van der Waals surface area (Å²) in [5.41, 5.74) is 8.14. The summed E-state index contributed by atoms with van der Waals surface area (Å²) in [6, 6.07) is 5.64. The van der Waals surface area contributed by atoms with E-state index in [4.69, 9.17) is 11.1 Å². The first-order valence-electron chi connectivity index (χ1n) is 4.52. The molecule has 74 valence electrons. The number of anilines is 1. The molecule has 1 aromatic rings. The Balaban J connectivity index is 0. The molecular weight excluding hydrogens is 160 g/mol. The summed E-state index contributed by atoms with van der Waals surface area (Å²) >= 11 is 0. The molecule has 13 heavy (non-hydrogen) atoms. The maximum atomic E-state index is 6.98. The van der Waals surface area contributed by atoms with Crippen LogP contribution in [0.5, 0.6) is 0 Å². The second kappa shape index (κ2) is 6.23. The van der Waals surface area contributed by atoms with Crippen LogP contribution in [-0.2, 0) is 0 Å². The maximum Gasteiger partial charge on any atom is 0.0403 e. The van der Waals surface area contributed by atoms with Gasteiger partial charge in [0, 0.05) is 18.9 Å². The first-order valence-corrected chi connectivity index (χ1v) is 4.52. The molecule has 0 atom stereocenters. The molecule has 0 aliphatic carbocycles. The van der Waals surface area contributed by atoms with Gasteiger partial charge < -0.3 is 11.1 Å². The van der Waals surface area contributed by atoms with Crippen LogP contribution in [0.2, 0.25) is 0 Å². The van der Waals surface area contributed by atoms with Gasteiger partial charge in [0.25, 0.3) is 0 Å². The van der Waals surface area contributed by atoms with E-state index in [1.807, 2.05) is 25.1 Å². The fourth-order valence-corrected chi connectivity index (χ4v) is 0.819. The number of benzene rings is 1. The van der Waals surface area contributed by atoms with Crippen LogP contribution in [0.3, 0.4) is 0 Å². The van der Waals surface area contributed by atoms with Gasteiger partial charge in [-0.25, -0.2) is 0 Å². The molecule has 2 heteroatoms. The van der Waals surface area contributed by atoms with E-state index in [1.165, 1.54) is 12.6 Å². The van der Waals surface area contributed by atoms with E-state index in [1.54, 1.807) is 0 Å². The molecule has 2 nitrogen and oxygen atoms in total. The van der Waals surface area contributed by atoms with E-state index in [9.17, 15) is 0 Å². The predicted octanol–water partition coefficient (Wildman–Crippen LogP) is 3.24. The lowest BCUT2D eigenvalue weighted by atomic mass is 10.1. The number of rotatable bonds is 1. The highest BCUT2D eigenvalue weighted by atomic mass is 14.6. The fraction of sp³-hybridized carbons (Fsp3) is 0.364. The highest BCUT2D eigenvalue weighted by Crippen LogP contribution is 2.10. The molecule has 0 saturated carbocycles. The lowest BCUT2D eigenvalue weighted by Gasteiger charge is -1.98. The average Bonchev–Trinajstić information content (AvgIpc) is 2.10. The highest BCUT2D eigenvalue weighted by molar-refractivity contribution is 5.84. The Morgan fingerprint density at radius 2 is 2.00 bits per heavy atom. The topological polar surface area (TPSA) is 49.9 Å². The van der Waals surface area contributed by atoms with Crippen molar-refractivity contribution >= 4 is 11.9 Å². The van der Waals surface area contributed by atoms with Crippen LogP contribution in [0, 0.1) is 12.3 Å². The number of nitrogen functional groups attached to an aromatic ring is 1. The molecule has 0 bridgehead atoms. The molecule has 3 N–H and O–H groups in total. The van der Waals surface area contributed by atoms with Gasteiger partial charge in [0.2, 0.25) is 0 Å². The second-order valence-corrected chi connectivity index (χ2v) is 2.98. The SMILES string of the molecule is CCC.Cc1ccc(N)c(C=N)c1.[HH]. The zero-order valence-corrected chi connectivity index (χ0v) is 8.59. The van der Waals surface area contributed by atoms with Gasteiger partial charge in [-0.3, -0.25) is 0 Å². The molecule has 0 aliphatic rings. The third kappa shape index (κ3) is 4.31. The number of hydrogen-bond donors (Lipinski definition) is 2. The van der Waals surface area contributed by atoms with E-state index in [2.05, 4.69) is 13.8 Å². The number of aryl methyl sites for hydroxylation is 1. The van der Waals surface area contributed by atoms with E-state index in [-0.39, 0.29) is 1.43 Å². The van der Waals surface area contributed by atoms with Crippen molar-refractivity contribution in [1.82, 2.24) is 0 Å². The van der Waals surface area contributed by atoms with Gasteiger partial charge in [-0.1, -0.05) is 31.9 Å². The Kier molecular flexibility index (Phi) is 5.60. The summed E-state index contributed by atoms with van der Waals surface area (Å²) in [5, 5.41) is 6.98. The minimum atomic E-state index is 0. The summed E-state index contributed by atoms with van der Waals surface area (Å²) in [4.78, 5) is 0. The van der Waals surface area contributed by atoms with Crippen LogP contribution in [0.1, 0.15) is 32.8 Å². The third-order valence-corrected chi connectivity index (χ3v) is 1.40. The van der Waals surface area contributed by atoms with Crippen molar-refractivity contribution in [3.05, 3.63) is 29.3 Å². The molecule has 0 aromatic heterocycles. The summed E-state index contributed by atoms with van der Waals surface area (Å²) in [6.07, 6.45) is 2.52. The molecule has 0 heterocycles. The Hall–Kier alpha value is -1.31. The molecule has 0 saturated heterocycles. The van der Waals surface area contributed by atoms with Crippen LogP contribution in [0.15, 0.2) is 18.2 Å². The van der Waals surface area contributed by atoms with Gasteiger partial charge in [0.1, 0.15) is 0 Å². The highest BCUT2D eigenvalue weighted by Gasteiger charge is 1.93. The van der Waals surface area contributed by atoms with Crippen molar-refractivity contribution in [2.24, 2.45) is 0 Å².